The molecular formula is C14H19N3O3. The number of carbonyl (C=O) groups is 2. The van der Waals surface area contributed by atoms with Crippen molar-refractivity contribution in [3.8, 4) is 0 Å². The summed E-state index contributed by atoms with van der Waals surface area (Å²) in [4.78, 5) is 23.5. The number of nitrogens with one attached hydrogen (secondary N) is 1. The molecule has 0 saturated carbocycles. The van der Waals surface area contributed by atoms with Gasteiger partial charge >= 0.3 is 5.97 Å². The van der Waals surface area contributed by atoms with Gasteiger partial charge in [0.2, 0.25) is 5.91 Å². The fourth-order valence-electron chi connectivity index (χ4n) is 2.20. The van der Waals surface area contributed by atoms with Crippen LogP contribution in [0, 0.1) is 0 Å². The van der Waals surface area contributed by atoms with Crippen molar-refractivity contribution >= 4 is 17.6 Å². The summed E-state index contributed by atoms with van der Waals surface area (Å²) in [5, 5.41) is 4.36. The second kappa shape index (κ2) is 6.49. The van der Waals surface area contributed by atoms with E-state index in [1.54, 1.807) is 36.2 Å². The van der Waals surface area contributed by atoms with Crippen LogP contribution in [0.1, 0.15) is 30.1 Å². The summed E-state index contributed by atoms with van der Waals surface area (Å²) in [7, 11) is 0. The van der Waals surface area contributed by atoms with Crippen LogP contribution in [0.4, 0.5) is 5.69 Å². The van der Waals surface area contributed by atoms with Crippen LogP contribution in [0.15, 0.2) is 24.3 Å². The lowest BCUT2D eigenvalue weighted by Gasteiger charge is -2.18. The Morgan fingerprint density at radius 1 is 1.40 bits per heavy atom. The van der Waals surface area contributed by atoms with E-state index in [-0.39, 0.29) is 17.9 Å². The number of carbonyl (C=O) groups excluding carboxylic acids is 2. The van der Waals surface area contributed by atoms with E-state index >= 15 is 0 Å². The molecule has 1 unspecified atom stereocenters. The molecule has 6 nitrogen and oxygen atoms in total. The number of hydrogen-bond donors (Lipinski definition) is 2. The van der Waals surface area contributed by atoms with Gasteiger partial charge in [0.15, 0.2) is 0 Å². The molecule has 2 rings (SSSR count). The van der Waals surface area contributed by atoms with Gasteiger partial charge in [-0.3, -0.25) is 10.6 Å². The minimum absolute atomic E-state index is 0.117. The first kappa shape index (κ1) is 14.5. The average molecular weight is 277 g/mol. The Labute approximate surface area is 117 Å². The number of hydrogen-bond acceptors (Lipinski definition) is 5. The molecule has 0 radical (unpaired) electrons. The number of nitrogens with two attached hydrogens (primary N) is 1. The van der Waals surface area contributed by atoms with Crippen molar-refractivity contribution in [1.29, 1.82) is 0 Å². The maximum absolute atomic E-state index is 12.0. The summed E-state index contributed by atoms with van der Waals surface area (Å²) < 4.78 is 4.89. The minimum Gasteiger partial charge on any atom is -0.462 e. The normalized spacial score (nSPS) is 18.8. The summed E-state index contributed by atoms with van der Waals surface area (Å²) in [5.41, 5.74) is 1.11. The molecule has 0 spiro atoms. The first-order valence-corrected chi connectivity index (χ1v) is 6.71. The molecular weight excluding hydrogens is 258 g/mol. The summed E-state index contributed by atoms with van der Waals surface area (Å²) in [5.74, 6) is 5.26. The third-order valence-electron chi connectivity index (χ3n) is 3.26. The molecule has 1 fully saturated rings. The monoisotopic (exact) mass is 277 g/mol. The highest BCUT2D eigenvalue weighted by Crippen LogP contribution is 2.16. The van der Waals surface area contributed by atoms with Crippen molar-refractivity contribution in [2.24, 2.45) is 5.84 Å². The number of amides is 1. The van der Waals surface area contributed by atoms with Crippen LogP contribution in [0.25, 0.3) is 0 Å². The van der Waals surface area contributed by atoms with Gasteiger partial charge in [0.25, 0.3) is 0 Å². The maximum Gasteiger partial charge on any atom is 0.338 e. The van der Waals surface area contributed by atoms with E-state index in [0.29, 0.717) is 17.9 Å². The molecule has 1 aromatic rings. The highest BCUT2D eigenvalue weighted by Gasteiger charge is 2.28. The number of rotatable bonds is 4. The predicted molar refractivity (Wildman–Crippen MR) is 74.9 cm³/mol. The fourth-order valence-corrected chi connectivity index (χ4v) is 2.20. The van der Waals surface area contributed by atoms with Crippen molar-refractivity contribution < 1.29 is 14.3 Å². The molecule has 1 atom stereocenters. The molecule has 0 aromatic heterocycles. The molecule has 1 aliphatic rings. The number of benzene rings is 1. The summed E-state index contributed by atoms with van der Waals surface area (Å²) in [6.45, 7) is 2.83. The van der Waals surface area contributed by atoms with Gasteiger partial charge in [-0.1, -0.05) is 0 Å². The molecule has 1 heterocycles. The van der Waals surface area contributed by atoms with Crippen LogP contribution in [-0.4, -0.2) is 36.1 Å². The molecule has 1 aromatic carbocycles. The first-order chi connectivity index (χ1) is 9.61. The van der Waals surface area contributed by atoms with Gasteiger partial charge in [-0.25, -0.2) is 9.80 Å². The lowest BCUT2D eigenvalue weighted by Crippen LogP contribution is -2.43. The Morgan fingerprint density at radius 3 is 2.65 bits per heavy atom. The molecule has 1 amide bonds. The Kier molecular flexibility index (Phi) is 4.70. The Morgan fingerprint density at radius 2 is 2.10 bits per heavy atom. The minimum atomic E-state index is -0.366. The van der Waals surface area contributed by atoms with Crippen LogP contribution in [0.5, 0.6) is 0 Å². The van der Waals surface area contributed by atoms with E-state index in [1.165, 1.54) is 0 Å². The van der Waals surface area contributed by atoms with Crippen LogP contribution in [0.2, 0.25) is 0 Å². The van der Waals surface area contributed by atoms with E-state index in [2.05, 4.69) is 5.32 Å². The van der Waals surface area contributed by atoms with E-state index in [1.807, 2.05) is 0 Å². The van der Waals surface area contributed by atoms with Crippen molar-refractivity contribution in [2.75, 3.05) is 18.5 Å². The third-order valence-corrected chi connectivity index (χ3v) is 3.26. The van der Waals surface area contributed by atoms with Gasteiger partial charge < -0.3 is 10.1 Å². The molecule has 0 bridgehead atoms. The Balaban J connectivity index is 1.96. The largest absolute Gasteiger partial charge is 0.462 e. The Hall–Kier alpha value is -1.92. The van der Waals surface area contributed by atoms with Gasteiger partial charge in [0.05, 0.1) is 12.2 Å². The molecule has 1 aliphatic heterocycles. The average Bonchev–Trinajstić information content (AvgIpc) is 2.86. The van der Waals surface area contributed by atoms with E-state index in [0.717, 1.165) is 19.4 Å². The number of hydrazine groups is 1. The molecule has 20 heavy (non-hydrogen) atoms. The van der Waals surface area contributed by atoms with Crippen molar-refractivity contribution in [2.45, 2.75) is 25.8 Å². The smallest absolute Gasteiger partial charge is 0.338 e. The molecule has 108 valence electrons. The highest BCUT2D eigenvalue weighted by atomic mass is 16.5. The lowest BCUT2D eigenvalue weighted by molar-refractivity contribution is -0.120. The van der Waals surface area contributed by atoms with Gasteiger partial charge in [-0.2, -0.15) is 0 Å². The number of esters is 1. The second-order valence-corrected chi connectivity index (χ2v) is 4.68. The van der Waals surface area contributed by atoms with E-state index in [9.17, 15) is 9.59 Å². The zero-order valence-corrected chi connectivity index (χ0v) is 11.5. The van der Waals surface area contributed by atoms with Crippen LogP contribution < -0.4 is 11.2 Å². The van der Waals surface area contributed by atoms with Crippen LogP contribution in [0.3, 0.4) is 0 Å². The fraction of sp³-hybridized carbons (Fsp3) is 0.429. The number of anilines is 1. The molecule has 1 saturated heterocycles. The van der Waals surface area contributed by atoms with Crippen molar-refractivity contribution in [1.82, 2.24) is 5.01 Å². The lowest BCUT2D eigenvalue weighted by atomic mass is 10.2. The Bertz CT molecular complexity index is 487. The van der Waals surface area contributed by atoms with Gasteiger partial charge in [0.1, 0.15) is 6.04 Å². The van der Waals surface area contributed by atoms with E-state index in [4.69, 9.17) is 10.6 Å². The van der Waals surface area contributed by atoms with Crippen molar-refractivity contribution in [3.05, 3.63) is 29.8 Å². The third kappa shape index (κ3) is 3.34. The van der Waals surface area contributed by atoms with Crippen LogP contribution >= 0.6 is 0 Å². The first-order valence-electron chi connectivity index (χ1n) is 6.71. The molecule has 0 aliphatic carbocycles. The number of nitrogens with zero attached hydrogens (tertiary/aromatic N) is 1. The van der Waals surface area contributed by atoms with Gasteiger partial charge in [0, 0.05) is 12.2 Å². The number of ether oxygens (including phenoxy) is 1. The highest BCUT2D eigenvalue weighted by molar-refractivity contribution is 5.96. The summed E-state index contributed by atoms with van der Waals surface area (Å²) >= 11 is 0. The topological polar surface area (TPSA) is 84.7 Å². The quantitative estimate of drug-likeness (QED) is 0.637. The van der Waals surface area contributed by atoms with Gasteiger partial charge in [-0.05, 0) is 44.0 Å². The maximum atomic E-state index is 12.0. The SMILES string of the molecule is CCOC(=O)c1ccc(NC(=O)C2CCCN2N)cc1. The standard InChI is InChI=1S/C14H19N3O3/c1-2-20-14(19)10-5-7-11(8-6-10)16-13(18)12-4-3-9-17(12)15/h5-8,12H,2-4,9,15H2,1H3,(H,16,18). The van der Waals surface area contributed by atoms with E-state index < -0.39 is 0 Å². The van der Waals surface area contributed by atoms with Gasteiger partial charge in [-0.15, -0.1) is 0 Å². The predicted octanol–water partition coefficient (Wildman–Crippen LogP) is 1.14. The molecule has 6 heteroatoms. The zero-order chi connectivity index (χ0) is 14.5. The van der Waals surface area contributed by atoms with Crippen LogP contribution in [-0.2, 0) is 9.53 Å². The zero-order valence-electron chi connectivity index (χ0n) is 11.5. The second-order valence-electron chi connectivity index (χ2n) is 4.68. The van der Waals surface area contributed by atoms with Crippen molar-refractivity contribution in [3.63, 3.8) is 0 Å². The summed E-state index contributed by atoms with van der Waals surface area (Å²) in [6, 6.07) is 6.34. The molecule has 3 N–H and O–H groups in total. The summed E-state index contributed by atoms with van der Waals surface area (Å²) in [6.07, 6.45) is 1.69.